The average molecular weight is 317 g/mol. The van der Waals surface area contributed by atoms with E-state index in [4.69, 9.17) is 17.0 Å². The van der Waals surface area contributed by atoms with Crippen LogP contribution in [0.25, 0.3) is 0 Å². The van der Waals surface area contributed by atoms with Gasteiger partial charge in [0, 0.05) is 16.8 Å². The number of thioether (sulfide) groups is 1. The van der Waals surface area contributed by atoms with Gasteiger partial charge in [0.1, 0.15) is 0 Å². The molecule has 102 valence electrons. The molecule has 0 spiro atoms. The van der Waals surface area contributed by atoms with Crippen molar-refractivity contribution in [2.24, 2.45) is 0 Å². The maximum absolute atomic E-state index is 11.7. The lowest BCUT2D eigenvalue weighted by atomic mass is 10.1. The lowest BCUT2D eigenvalue weighted by molar-refractivity contribution is 0.349. The molecule has 0 aliphatic carbocycles. The maximum atomic E-state index is 11.7. The van der Waals surface area contributed by atoms with E-state index in [0.29, 0.717) is 16.7 Å². The van der Waals surface area contributed by atoms with E-state index in [2.05, 4.69) is 0 Å². The van der Waals surface area contributed by atoms with E-state index in [1.807, 2.05) is 29.2 Å². The molecule has 19 heavy (non-hydrogen) atoms. The molecule has 2 atom stereocenters. The van der Waals surface area contributed by atoms with Crippen molar-refractivity contribution in [3.05, 3.63) is 34.9 Å². The van der Waals surface area contributed by atoms with Gasteiger partial charge in [-0.25, -0.2) is 8.42 Å². The zero-order valence-electron chi connectivity index (χ0n) is 10.0. The van der Waals surface area contributed by atoms with Crippen LogP contribution in [0.15, 0.2) is 24.3 Å². The fourth-order valence-corrected chi connectivity index (χ4v) is 6.59. The number of amidine groups is 1. The molecule has 4 nitrogen and oxygen atoms in total. The minimum atomic E-state index is -2.96. The Bertz CT molecular complexity index is 632. The van der Waals surface area contributed by atoms with Crippen LogP contribution in [0, 0.1) is 5.41 Å². The highest BCUT2D eigenvalue weighted by atomic mass is 35.5. The SMILES string of the molecule is N=C1S[C@H]2CS(=O)(=O)C[C@@H]2N1Cc1ccccc1Cl. The molecular formula is C12H13ClN2O2S2. The van der Waals surface area contributed by atoms with Gasteiger partial charge in [-0.15, -0.1) is 0 Å². The third-order valence-electron chi connectivity index (χ3n) is 3.49. The van der Waals surface area contributed by atoms with Crippen molar-refractivity contribution in [3.63, 3.8) is 0 Å². The summed E-state index contributed by atoms with van der Waals surface area (Å²) in [7, 11) is -2.96. The van der Waals surface area contributed by atoms with Gasteiger partial charge in [0.25, 0.3) is 0 Å². The molecular weight excluding hydrogens is 304 g/mol. The van der Waals surface area contributed by atoms with E-state index < -0.39 is 9.84 Å². The van der Waals surface area contributed by atoms with Gasteiger partial charge in [0.15, 0.2) is 15.0 Å². The Morgan fingerprint density at radius 2 is 2.11 bits per heavy atom. The summed E-state index contributed by atoms with van der Waals surface area (Å²) >= 11 is 7.49. The van der Waals surface area contributed by atoms with E-state index in [1.54, 1.807) is 0 Å². The fraction of sp³-hybridized carbons (Fsp3) is 0.417. The molecule has 0 unspecified atom stereocenters. The summed E-state index contributed by atoms with van der Waals surface area (Å²) in [5.74, 6) is 0.335. The molecule has 0 radical (unpaired) electrons. The smallest absolute Gasteiger partial charge is 0.157 e. The number of fused-ring (bicyclic) bond motifs is 1. The summed E-state index contributed by atoms with van der Waals surface area (Å²) in [6, 6.07) is 7.40. The Balaban J connectivity index is 1.85. The van der Waals surface area contributed by atoms with E-state index in [-0.39, 0.29) is 22.8 Å². The second-order valence-corrected chi connectivity index (χ2v) is 8.61. The van der Waals surface area contributed by atoms with Crippen molar-refractivity contribution in [1.29, 1.82) is 5.41 Å². The summed E-state index contributed by atoms with van der Waals surface area (Å²) in [5.41, 5.74) is 0.930. The second kappa shape index (κ2) is 4.68. The van der Waals surface area contributed by atoms with Crippen LogP contribution in [-0.2, 0) is 16.4 Å². The summed E-state index contributed by atoms with van der Waals surface area (Å²) in [6.07, 6.45) is 0. The molecule has 1 aromatic carbocycles. The number of sulfone groups is 1. The first-order valence-electron chi connectivity index (χ1n) is 5.92. The predicted molar refractivity (Wildman–Crippen MR) is 78.5 cm³/mol. The topological polar surface area (TPSA) is 61.2 Å². The maximum Gasteiger partial charge on any atom is 0.157 e. The van der Waals surface area contributed by atoms with Crippen LogP contribution in [0.1, 0.15) is 5.56 Å². The summed E-state index contributed by atoms with van der Waals surface area (Å²) < 4.78 is 23.4. The van der Waals surface area contributed by atoms with Crippen LogP contribution >= 0.6 is 23.4 Å². The van der Waals surface area contributed by atoms with E-state index in [0.717, 1.165) is 5.56 Å². The molecule has 3 rings (SSSR count). The van der Waals surface area contributed by atoms with Gasteiger partial charge in [0.2, 0.25) is 0 Å². The van der Waals surface area contributed by atoms with Gasteiger partial charge in [-0.2, -0.15) is 0 Å². The molecule has 0 amide bonds. The third kappa shape index (κ3) is 2.49. The highest BCUT2D eigenvalue weighted by molar-refractivity contribution is 8.15. The zero-order valence-corrected chi connectivity index (χ0v) is 12.4. The zero-order chi connectivity index (χ0) is 13.6. The number of halogens is 1. The predicted octanol–water partition coefficient (Wildman–Crippen LogP) is 1.99. The molecule has 2 aliphatic heterocycles. The van der Waals surface area contributed by atoms with Crippen LogP contribution < -0.4 is 0 Å². The van der Waals surface area contributed by atoms with E-state index in [9.17, 15) is 8.42 Å². The number of nitrogens with zero attached hydrogens (tertiary/aromatic N) is 1. The number of nitrogens with one attached hydrogen (secondary N) is 1. The number of rotatable bonds is 2. The normalized spacial score (nSPS) is 28.7. The fourth-order valence-electron chi connectivity index (χ4n) is 2.56. The Kier molecular flexibility index (Phi) is 3.27. The van der Waals surface area contributed by atoms with Crippen molar-refractivity contribution >= 4 is 38.4 Å². The Morgan fingerprint density at radius 3 is 2.84 bits per heavy atom. The van der Waals surface area contributed by atoms with Crippen LogP contribution in [0.3, 0.4) is 0 Å². The molecule has 2 aliphatic rings. The van der Waals surface area contributed by atoms with Crippen molar-refractivity contribution in [2.45, 2.75) is 17.8 Å². The third-order valence-corrected chi connectivity index (χ3v) is 7.03. The van der Waals surface area contributed by atoms with E-state index in [1.165, 1.54) is 11.8 Å². The number of hydrogen-bond donors (Lipinski definition) is 1. The first-order valence-corrected chi connectivity index (χ1v) is 9.00. The standard InChI is InChI=1S/C12H13ClN2O2S2/c13-9-4-2-1-3-8(9)5-15-10-6-19(16,17)7-11(10)18-12(15)14/h1-4,10-11,14H,5-7H2/t10-,11-/m0/s1. The summed E-state index contributed by atoms with van der Waals surface area (Å²) in [5, 5.41) is 9.11. The second-order valence-electron chi connectivity index (χ2n) is 4.83. The van der Waals surface area contributed by atoms with Crippen LogP contribution in [0.2, 0.25) is 5.02 Å². The van der Waals surface area contributed by atoms with Crippen molar-refractivity contribution in [1.82, 2.24) is 4.90 Å². The van der Waals surface area contributed by atoms with E-state index >= 15 is 0 Å². The molecule has 2 fully saturated rings. The van der Waals surface area contributed by atoms with Gasteiger partial charge >= 0.3 is 0 Å². The Labute approximate surface area is 121 Å². The van der Waals surface area contributed by atoms with Gasteiger partial charge in [0.05, 0.1) is 17.5 Å². The largest absolute Gasteiger partial charge is 0.342 e. The molecule has 7 heteroatoms. The number of benzene rings is 1. The number of hydrogen-bond acceptors (Lipinski definition) is 4. The molecule has 1 aromatic rings. The highest BCUT2D eigenvalue weighted by Crippen LogP contribution is 2.38. The first kappa shape index (κ1) is 13.3. The minimum absolute atomic E-state index is 0.0000113. The van der Waals surface area contributed by atoms with Gasteiger partial charge in [-0.1, -0.05) is 41.6 Å². The first-order chi connectivity index (χ1) is 8.96. The molecule has 1 N–H and O–H groups in total. The highest BCUT2D eigenvalue weighted by Gasteiger charge is 2.48. The summed E-state index contributed by atoms with van der Waals surface area (Å²) in [6.45, 7) is 0.502. The Hall–Kier alpha value is -0.720. The van der Waals surface area contributed by atoms with Crippen LogP contribution in [0.4, 0.5) is 0 Å². The van der Waals surface area contributed by atoms with Gasteiger partial charge in [-0.05, 0) is 11.6 Å². The molecule has 2 heterocycles. The molecule has 0 bridgehead atoms. The molecule has 0 aromatic heterocycles. The van der Waals surface area contributed by atoms with Gasteiger partial charge in [-0.3, -0.25) is 5.41 Å². The minimum Gasteiger partial charge on any atom is -0.342 e. The van der Waals surface area contributed by atoms with Gasteiger partial charge < -0.3 is 4.90 Å². The molecule has 2 saturated heterocycles. The Morgan fingerprint density at radius 1 is 1.37 bits per heavy atom. The lowest BCUT2D eigenvalue weighted by Crippen LogP contribution is -2.36. The van der Waals surface area contributed by atoms with Crippen molar-refractivity contribution < 1.29 is 8.42 Å². The molecule has 0 saturated carbocycles. The summed E-state index contributed by atoms with van der Waals surface area (Å²) in [4.78, 5) is 1.86. The monoisotopic (exact) mass is 316 g/mol. The van der Waals surface area contributed by atoms with Crippen molar-refractivity contribution in [3.8, 4) is 0 Å². The average Bonchev–Trinajstić information content (AvgIpc) is 2.75. The van der Waals surface area contributed by atoms with Crippen LogP contribution in [-0.4, -0.2) is 41.3 Å². The quantitative estimate of drug-likeness (QED) is 0.906. The van der Waals surface area contributed by atoms with Crippen LogP contribution in [0.5, 0.6) is 0 Å². The lowest BCUT2D eigenvalue weighted by Gasteiger charge is -2.24. The van der Waals surface area contributed by atoms with Crippen molar-refractivity contribution in [2.75, 3.05) is 11.5 Å².